The minimum atomic E-state index is -0.832. The van der Waals surface area contributed by atoms with Crippen molar-refractivity contribution in [1.82, 2.24) is 5.32 Å². The number of carbonyl (C=O) groups is 2. The molecule has 0 aliphatic rings. The van der Waals surface area contributed by atoms with Crippen LogP contribution in [-0.4, -0.2) is 24.9 Å². The molecule has 4 heteroatoms. The number of Topliss-reactive ketones (excluding diaryl/α,β-unsaturated/α-hetero) is 1. The van der Waals surface area contributed by atoms with E-state index in [1.54, 1.807) is 0 Å². The quantitative estimate of drug-likeness (QED) is 0.312. The maximum atomic E-state index is 13.0. The molecule has 1 unspecified atom stereocenters. The van der Waals surface area contributed by atoms with Gasteiger partial charge >= 0.3 is 5.97 Å². The number of carbonyl (C=O) groups excluding carboxylic acids is 2. The van der Waals surface area contributed by atoms with Crippen LogP contribution in [0.2, 0.25) is 0 Å². The molecule has 3 aromatic rings. The van der Waals surface area contributed by atoms with E-state index in [0.29, 0.717) is 6.42 Å². The van der Waals surface area contributed by atoms with E-state index in [0.717, 1.165) is 16.7 Å². The first-order valence-corrected chi connectivity index (χ1v) is 10.6. The molecule has 1 N–H and O–H groups in total. The highest BCUT2D eigenvalue weighted by atomic mass is 16.5. The number of ether oxygens (including phenoxy) is 1. The molecule has 0 fully saturated rings. The molecule has 0 radical (unpaired) electrons. The number of hydrogen-bond acceptors (Lipinski definition) is 4. The number of esters is 1. The summed E-state index contributed by atoms with van der Waals surface area (Å²) in [6, 6.07) is 29.4. The zero-order chi connectivity index (χ0) is 22.3. The second-order valence-electron chi connectivity index (χ2n) is 8.03. The molecular weight excluding hydrogens is 386 g/mol. The first kappa shape index (κ1) is 22.4. The Morgan fingerprint density at radius 2 is 1.16 bits per heavy atom. The maximum absolute atomic E-state index is 13.0. The third kappa shape index (κ3) is 4.92. The van der Waals surface area contributed by atoms with Gasteiger partial charge in [-0.1, -0.05) is 105 Å². The first-order valence-electron chi connectivity index (χ1n) is 10.6. The summed E-state index contributed by atoms with van der Waals surface area (Å²) in [7, 11) is 1.24. The summed E-state index contributed by atoms with van der Waals surface area (Å²) in [4.78, 5) is 25.3. The van der Waals surface area contributed by atoms with E-state index in [4.69, 9.17) is 4.74 Å². The smallest absolute Gasteiger partial charge is 0.376 e. The van der Waals surface area contributed by atoms with Crippen molar-refractivity contribution >= 4 is 11.8 Å². The van der Waals surface area contributed by atoms with E-state index in [1.165, 1.54) is 7.11 Å². The van der Waals surface area contributed by atoms with Crippen LogP contribution in [0.15, 0.2) is 91.0 Å². The molecule has 0 bridgehead atoms. The Hall–Kier alpha value is -3.24. The topological polar surface area (TPSA) is 55.4 Å². The standard InChI is InChI=1S/C27H29NO3/c1-20(2)19-24(25(29)26(30)31-3)28-27(21-13-7-4-8-14-21,22-15-9-5-10-16-22)23-17-11-6-12-18-23/h4-18,20,24,28H,19H2,1-3H3. The van der Waals surface area contributed by atoms with E-state index in [-0.39, 0.29) is 5.92 Å². The minimum absolute atomic E-state index is 0.200. The number of methoxy groups -OCH3 is 1. The van der Waals surface area contributed by atoms with Crippen molar-refractivity contribution in [3.63, 3.8) is 0 Å². The summed E-state index contributed by atoms with van der Waals surface area (Å²) in [5.74, 6) is -1.20. The van der Waals surface area contributed by atoms with Crippen LogP contribution in [0.25, 0.3) is 0 Å². The molecule has 0 aliphatic heterocycles. The summed E-state index contributed by atoms with van der Waals surface area (Å²) in [6.45, 7) is 4.07. The van der Waals surface area contributed by atoms with Gasteiger partial charge in [-0.2, -0.15) is 0 Å². The van der Waals surface area contributed by atoms with Crippen molar-refractivity contribution in [3.05, 3.63) is 108 Å². The average Bonchev–Trinajstić information content (AvgIpc) is 2.82. The van der Waals surface area contributed by atoms with Crippen LogP contribution in [0.3, 0.4) is 0 Å². The van der Waals surface area contributed by atoms with Gasteiger partial charge in [0.25, 0.3) is 5.78 Å². The first-order chi connectivity index (χ1) is 15.0. The molecule has 1 atom stereocenters. The van der Waals surface area contributed by atoms with Crippen LogP contribution in [0.1, 0.15) is 37.0 Å². The monoisotopic (exact) mass is 415 g/mol. The summed E-state index contributed by atoms with van der Waals surface area (Å²) < 4.78 is 4.78. The Labute approximate surface area is 184 Å². The SMILES string of the molecule is COC(=O)C(=O)C(CC(C)C)NC(c1ccccc1)(c1ccccc1)c1ccccc1. The molecule has 3 rings (SSSR count). The van der Waals surface area contributed by atoms with Gasteiger partial charge in [0.1, 0.15) is 0 Å². The molecule has 160 valence electrons. The highest BCUT2D eigenvalue weighted by Crippen LogP contribution is 2.37. The average molecular weight is 416 g/mol. The van der Waals surface area contributed by atoms with E-state index >= 15 is 0 Å². The minimum Gasteiger partial charge on any atom is -0.463 e. The third-order valence-corrected chi connectivity index (χ3v) is 5.42. The molecule has 0 aliphatic carbocycles. The predicted octanol–water partition coefficient (Wildman–Crippen LogP) is 4.72. The van der Waals surface area contributed by atoms with Crippen molar-refractivity contribution in [2.24, 2.45) is 5.92 Å². The lowest BCUT2D eigenvalue weighted by Crippen LogP contribution is -2.54. The fourth-order valence-electron chi connectivity index (χ4n) is 4.02. The van der Waals surface area contributed by atoms with E-state index in [9.17, 15) is 9.59 Å². The Morgan fingerprint density at radius 3 is 1.48 bits per heavy atom. The van der Waals surface area contributed by atoms with Crippen molar-refractivity contribution in [3.8, 4) is 0 Å². The summed E-state index contributed by atoms with van der Waals surface area (Å²) in [5, 5.41) is 3.61. The van der Waals surface area contributed by atoms with Crippen LogP contribution in [0, 0.1) is 5.92 Å². The van der Waals surface area contributed by atoms with Crippen LogP contribution in [-0.2, 0) is 19.9 Å². The van der Waals surface area contributed by atoms with Gasteiger partial charge in [-0.15, -0.1) is 0 Å². The maximum Gasteiger partial charge on any atom is 0.376 e. The number of rotatable bonds is 9. The third-order valence-electron chi connectivity index (χ3n) is 5.42. The van der Waals surface area contributed by atoms with Crippen molar-refractivity contribution in [2.75, 3.05) is 7.11 Å². The van der Waals surface area contributed by atoms with Gasteiger partial charge in [0.2, 0.25) is 0 Å². The second kappa shape index (κ2) is 10.2. The Morgan fingerprint density at radius 1 is 0.774 bits per heavy atom. The zero-order valence-corrected chi connectivity index (χ0v) is 18.2. The number of nitrogens with one attached hydrogen (secondary N) is 1. The molecule has 0 saturated carbocycles. The van der Waals surface area contributed by atoms with Crippen LogP contribution in [0.5, 0.6) is 0 Å². The summed E-state index contributed by atoms with van der Waals surface area (Å²) >= 11 is 0. The van der Waals surface area contributed by atoms with Crippen molar-refractivity contribution in [2.45, 2.75) is 31.8 Å². The number of ketones is 1. The molecular formula is C27H29NO3. The fraction of sp³-hybridized carbons (Fsp3) is 0.259. The molecule has 31 heavy (non-hydrogen) atoms. The molecule has 3 aromatic carbocycles. The number of hydrogen-bond donors (Lipinski definition) is 1. The van der Waals surface area contributed by atoms with E-state index in [1.807, 2.05) is 105 Å². The lowest BCUT2D eigenvalue weighted by atomic mass is 9.76. The Kier molecular flexibility index (Phi) is 7.37. The van der Waals surface area contributed by atoms with Crippen LogP contribution >= 0.6 is 0 Å². The number of benzene rings is 3. The molecule has 0 amide bonds. The van der Waals surface area contributed by atoms with Gasteiger partial charge in [-0.05, 0) is 29.0 Å². The molecule has 0 aromatic heterocycles. The highest BCUT2D eigenvalue weighted by Gasteiger charge is 2.41. The molecule has 0 spiro atoms. The second-order valence-corrected chi connectivity index (χ2v) is 8.03. The van der Waals surface area contributed by atoms with Crippen LogP contribution < -0.4 is 5.32 Å². The summed E-state index contributed by atoms with van der Waals surface area (Å²) in [6.07, 6.45) is 0.502. The molecule has 0 saturated heterocycles. The predicted molar refractivity (Wildman–Crippen MR) is 123 cm³/mol. The van der Waals surface area contributed by atoms with Crippen molar-refractivity contribution in [1.29, 1.82) is 0 Å². The lowest BCUT2D eigenvalue weighted by molar-refractivity contribution is -0.152. The Bertz CT molecular complexity index is 888. The van der Waals surface area contributed by atoms with Gasteiger partial charge in [0.05, 0.1) is 18.7 Å². The largest absolute Gasteiger partial charge is 0.463 e. The van der Waals surface area contributed by atoms with Gasteiger partial charge in [0, 0.05) is 0 Å². The lowest BCUT2D eigenvalue weighted by Gasteiger charge is -2.40. The van der Waals surface area contributed by atoms with E-state index < -0.39 is 23.3 Å². The van der Waals surface area contributed by atoms with Gasteiger partial charge in [0.15, 0.2) is 0 Å². The molecule has 4 nitrogen and oxygen atoms in total. The Balaban J connectivity index is 2.26. The van der Waals surface area contributed by atoms with Gasteiger partial charge < -0.3 is 4.74 Å². The fourth-order valence-corrected chi connectivity index (χ4v) is 4.02. The molecule has 0 heterocycles. The zero-order valence-electron chi connectivity index (χ0n) is 18.2. The van der Waals surface area contributed by atoms with Gasteiger partial charge in [-0.3, -0.25) is 10.1 Å². The van der Waals surface area contributed by atoms with Gasteiger partial charge in [-0.25, -0.2) is 4.79 Å². The van der Waals surface area contributed by atoms with E-state index in [2.05, 4.69) is 5.32 Å². The summed E-state index contributed by atoms with van der Waals surface area (Å²) in [5.41, 5.74) is 2.13. The van der Waals surface area contributed by atoms with Crippen molar-refractivity contribution < 1.29 is 14.3 Å². The highest BCUT2D eigenvalue weighted by molar-refractivity contribution is 6.35. The normalized spacial score (nSPS) is 12.4. The van der Waals surface area contributed by atoms with Crippen LogP contribution in [0.4, 0.5) is 0 Å².